The van der Waals surface area contributed by atoms with Crippen LogP contribution >= 0.6 is 0 Å². The smallest absolute Gasteiger partial charge is 0.243 e. The van der Waals surface area contributed by atoms with E-state index in [0.29, 0.717) is 17.4 Å². The van der Waals surface area contributed by atoms with Crippen LogP contribution in [-0.2, 0) is 0 Å². The third-order valence-corrected chi connectivity index (χ3v) is 3.43. The standard InChI is InChI=1S/C12H15N3O2/c1-15-5-3-4-9(15)8-6-13-12(16-2)10-11(8)17-7-14-10/h6-7,9H,3-5H2,1-2H3/t9-/m0/s1. The molecule has 1 fully saturated rings. The maximum absolute atomic E-state index is 5.49. The van der Waals surface area contributed by atoms with E-state index >= 15 is 0 Å². The number of hydrogen-bond donors (Lipinski definition) is 0. The van der Waals surface area contributed by atoms with Crippen LogP contribution in [-0.4, -0.2) is 35.6 Å². The fourth-order valence-corrected chi connectivity index (χ4v) is 2.54. The first-order valence-electron chi connectivity index (χ1n) is 5.77. The average Bonchev–Trinajstić information content (AvgIpc) is 2.96. The number of ether oxygens (including phenoxy) is 1. The molecule has 0 radical (unpaired) electrons. The van der Waals surface area contributed by atoms with Gasteiger partial charge in [0.15, 0.2) is 17.5 Å². The van der Waals surface area contributed by atoms with Gasteiger partial charge in [0.1, 0.15) is 0 Å². The van der Waals surface area contributed by atoms with Crippen LogP contribution in [0.4, 0.5) is 0 Å². The molecule has 0 spiro atoms. The summed E-state index contributed by atoms with van der Waals surface area (Å²) in [6.45, 7) is 1.12. The molecule has 0 bridgehead atoms. The molecule has 90 valence electrons. The SMILES string of the molecule is COc1ncc([C@@H]2CCCN2C)c2ocnc12. The molecule has 0 N–H and O–H groups in total. The van der Waals surface area contributed by atoms with Crippen LogP contribution in [0.5, 0.6) is 5.88 Å². The van der Waals surface area contributed by atoms with Gasteiger partial charge in [-0.2, -0.15) is 0 Å². The maximum atomic E-state index is 5.49. The number of pyridine rings is 1. The maximum Gasteiger partial charge on any atom is 0.243 e. The fourth-order valence-electron chi connectivity index (χ4n) is 2.54. The quantitative estimate of drug-likeness (QED) is 0.794. The Morgan fingerprint density at radius 3 is 3.06 bits per heavy atom. The molecular formula is C12H15N3O2. The molecule has 0 aliphatic carbocycles. The summed E-state index contributed by atoms with van der Waals surface area (Å²) in [4.78, 5) is 10.8. The molecular weight excluding hydrogens is 218 g/mol. The van der Waals surface area contributed by atoms with Crippen molar-refractivity contribution in [1.82, 2.24) is 14.9 Å². The normalized spacial score (nSPS) is 21.2. The molecule has 0 amide bonds. The van der Waals surface area contributed by atoms with E-state index in [0.717, 1.165) is 24.1 Å². The highest BCUT2D eigenvalue weighted by molar-refractivity contribution is 5.80. The lowest BCUT2D eigenvalue weighted by Crippen LogP contribution is -2.17. The number of likely N-dealkylation sites (tertiary alicyclic amines) is 1. The summed E-state index contributed by atoms with van der Waals surface area (Å²) >= 11 is 0. The van der Waals surface area contributed by atoms with Gasteiger partial charge in [-0.15, -0.1) is 0 Å². The van der Waals surface area contributed by atoms with Gasteiger partial charge in [-0.3, -0.25) is 4.90 Å². The molecule has 0 aromatic carbocycles. The number of fused-ring (bicyclic) bond motifs is 1. The van der Waals surface area contributed by atoms with Crippen molar-refractivity contribution < 1.29 is 9.15 Å². The van der Waals surface area contributed by atoms with Crippen molar-refractivity contribution in [3.05, 3.63) is 18.2 Å². The summed E-state index contributed by atoms with van der Waals surface area (Å²) in [6, 6.07) is 0.379. The van der Waals surface area contributed by atoms with Gasteiger partial charge in [0, 0.05) is 17.8 Å². The molecule has 1 atom stereocenters. The molecule has 5 nitrogen and oxygen atoms in total. The van der Waals surface area contributed by atoms with Crippen molar-refractivity contribution in [2.45, 2.75) is 18.9 Å². The molecule has 3 heterocycles. The number of rotatable bonds is 2. The van der Waals surface area contributed by atoms with Gasteiger partial charge in [0.2, 0.25) is 5.88 Å². The van der Waals surface area contributed by atoms with E-state index in [4.69, 9.17) is 9.15 Å². The first-order chi connectivity index (χ1) is 8.31. The van der Waals surface area contributed by atoms with Gasteiger partial charge < -0.3 is 9.15 Å². The van der Waals surface area contributed by atoms with Crippen molar-refractivity contribution in [3.8, 4) is 5.88 Å². The Morgan fingerprint density at radius 1 is 1.47 bits per heavy atom. The molecule has 0 saturated carbocycles. The zero-order valence-electron chi connectivity index (χ0n) is 10.0. The topological polar surface area (TPSA) is 51.4 Å². The highest BCUT2D eigenvalue weighted by atomic mass is 16.5. The zero-order valence-corrected chi connectivity index (χ0v) is 10.0. The van der Waals surface area contributed by atoms with Crippen LogP contribution < -0.4 is 4.74 Å². The third-order valence-electron chi connectivity index (χ3n) is 3.43. The van der Waals surface area contributed by atoms with Crippen molar-refractivity contribution in [3.63, 3.8) is 0 Å². The van der Waals surface area contributed by atoms with E-state index in [-0.39, 0.29) is 0 Å². The minimum atomic E-state index is 0.379. The Morgan fingerprint density at radius 2 is 2.35 bits per heavy atom. The zero-order chi connectivity index (χ0) is 11.8. The number of aromatic nitrogens is 2. The molecule has 1 saturated heterocycles. The summed E-state index contributed by atoms with van der Waals surface area (Å²) in [5.74, 6) is 0.526. The van der Waals surface area contributed by atoms with E-state index in [1.807, 2.05) is 6.20 Å². The minimum absolute atomic E-state index is 0.379. The van der Waals surface area contributed by atoms with Crippen LogP contribution in [0.1, 0.15) is 24.4 Å². The molecule has 3 rings (SSSR count). The van der Waals surface area contributed by atoms with Crippen molar-refractivity contribution in [2.75, 3.05) is 20.7 Å². The van der Waals surface area contributed by atoms with E-state index in [9.17, 15) is 0 Å². The van der Waals surface area contributed by atoms with Crippen LogP contribution in [0.2, 0.25) is 0 Å². The third kappa shape index (κ3) is 1.58. The Bertz CT molecular complexity index is 538. The molecule has 0 unspecified atom stereocenters. The van der Waals surface area contributed by atoms with Gasteiger partial charge in [-0.25, -0.2) is 9.97 Å². The summed E-state index contributed by atoms with van der Waals surface area (Å²) in [6.07, 6.45) is 5.65. The fraction of sp³-hybridized carbons (Fsp3) is 0.500. The van der Waals surface area contributed by atoms with E-state index < -0.39 is 0 Å². The summed E-state index contributed by atoms with van der Waals surface area (Å²) in [5.41, 5.74) is 2.62. The first kappa shape index (κ1) is 10.5. The van der Waals surface area contributed by atoms with Crippen molar-refractivity contribution in [1.29, 1.82) is 0 Å². The van der Waals surface area contributed by atoms with Crippen molar-refractivity contribution in [2.24, 2.45) is 0 Å². The molecule has 17 heavy (non-hydrogen) atoms. The van der Waals surface area contributed by atoms with Crippen molar-refractivity contribution >= 4 is 11.1 Å². The van der Waals surface area contributed by atoms with Gasteiger partial charge in [-0.1, -0.05) is 0 Å². The number of methoxy groups -OCH3 is 1. The second-order valence-electron chi connectivity index (χ2n) is 4.39. The second-order valence-corrected chi connectivity index (χ2v) is 4.39. The molecule has 2 aromatic heterocycles. The van der Waals surface area contributed by atoms with Gasteiger partial charge >= 0.3 is 0 Å². The largest absolute Gasteiger partial charge is 0.479 e. The van der Waals surface area contributed by atoms with Crippen LogP contribution in [0, 0.1) is 0 Å². The average molecular weight is 233 g/mol. The van der Waals surface area contributed by atoms with Gasteiger partial charge in [-0.05, 0) is 26.4 Å². The lowest BCUT2D eigenvalue weighted by molar-refractivity contribution is 0.316. The monoisotopic (exact) mass is 233 g/mol. The molecule has 2 aromatic rings. The minimum Gasteiger partial charge on any atom is -0.479 e. The molecule has 5 heteroatoms. The summed E-state index contributed by atoms with van der Waals surface area (Å²) in [5, 5.41) is 0. The lowest BCUT2D eigenvalue weighted by atomic mass is 10.1. The lowest BCUT2D eigenvalue weighted by Gasteiger charge is -2.19. The Balaban J connectivity index is 2.14. The van der Waals surface area contributed by atoms with Crippen LogP contribution in [0.25, 0.3) is 11.1 Å². The Kier molecular flexibility index (Phi) is 2.48. The summed E-state index contributed by atoms with van der Waals surface area (Å²) in [7, 11) is 3.72. The Hall–Kier alpha value is -1.62. The predicted octanol–water partition coefficient (Wildman–Crippen LogP) is 2.00. The van der Waals surface area contributed by atoms with Gasteiger partial charge in [0.25, 0.3) is 0 Å². The van der Waals surface area contributed by atoms with Crippen LogP contribution in [0.15, 0.2) is 17.0 Å². The number of nitrogens with zero attached hydrogens (tertiary/aromatic N) is 3. The predicted molar refractivity (Wildman–Crippen MR) is 63.0 cm³/mol. The Labute approximate surface area is 99.4 Å². The highest BCUT2D eigenvalue weighted by Gasteiger charge is 2.27. The molecule has 1 aliphatic heterocycles. The van der Waals surface area contributed by atoms with E-state index in [2.05, 4.69) is 21.9 Å². The van der Waals surface area contributed by atoms with E-state index in [1.165, 1.54) is 12.8 Å². The first-order valence-corrected chi connectivity index (χ1v) is 5.77. The van der Waals surface area contributed by atoms with E-state index in [1.54, 1.807) is 7.11 Å². The van der Waals surface area contributed by atoms with Gasteiger partial charge in [0.05, 0.1) is 7.11 Å². The highest BCUT2D eigenvalue weighted by Crippen LogP contribution is 2.36. The summed E-state index contributed by atoms with van der Waals surface area (Å²) < 4.78 is 10.7. The number of hydrogen-bond acceptors (Lipinski definition) is 5. The number of oxazole rings is 1. The molecule has 1 aliphatic rings. The van der Waals surface area contributed by atoms with Crippen LogP contribution in [0.3, 0.4) is 0 Å². The second kappa shape index (κ2) is 4.00.